The van der Waals surface area contributed by atoms with Gasteiger partial charge in [-0.1, -0.05) is 37.0 Å². The van der Waals surface area contributed by atoms with Gasteiger partial charge in [-0.15, -0.1) is 10.2 Å². The number of nitrogens with zero attached hydrogens (tertiary/aromatic N) is 3. The fourth-order valence-electron chi connectivity index (χ4n) is 2.05. The van der Waals surface area contributed by atoms with E-state index >= 15 is 0 Å². The third-order valence-corrected chi connectivity index (χ3v) is 3.81. The van der Waals surface area contributed by atoms with Gasteiger partial charge < -0.3 is 10.2 Å². The lowest BCUT2D eigenvalue weighted by Crippen LogP contribution is -2.34. The van der Waals surface area contributed by atoms with E-state index in [0.29, 0.717) is 0 Å². The zero-order valence-corrected chi connectivity index (χ0v) is 14.2. The van der Waals surface area contributed by atoms with E-state index in [1.807, 2.05) is 6.92 Å². The SMILES string of the molecule is CCN(CC)CCCC(C)NC(=O)c1cc(Cl)nnc1Cl. The van der Waals surface area contributed by atoms with Crippen LogP contribution in [0.5, 0.6) is 0 Å². The van der Waals surface area contributed by atoms with Crippen LogP contribution in [0.2, 0.25) is 10.3 Å². The lowest BCUT2D eigenvalue weighted by atomic mass is 10.1. The van der Waals surface area contributed by atoms with Gasteiger partial charge in [0.25, 0.3) is 5.91 Å². The molecule has 1 amide bonds. The number of aromatic nitrogens is 2. The smallest absolute Gasteiger partial charge is 0.254 e. The molecule has 1 N–H and O–H groups in total. The van der Waals surface area contributed by atoms with Gasteiger partial charge in [0, 0.05) is 6.04 Å². The monoisotopic (exact) mass is 332 g/mol. The first kappa shape index (κ1) is 18.1. The highest BCUT2D eigenvalue weighted by molar-refractivity contribution is 6.34. The standard InChI is InChI=1S/C14H22Cl2N4O/c1-4-20(5-2)8-6-7-10(3)17-14(21)11-9-12(15)18-19-13(11)16/h9-10H,4-8H2,1-3H3,(H,17,21). The quantitative estimate of drug-likeness (QED) is 0.794. The molecule has 0 aliphatic rings. The minimum atomic E-state index is -0.271. The average Bonchev–Trinajstić information content (AvgIpc) is 2.46. The Morgan fingerprint density at radius 3 is 2.62 bits per heavy atom. The molecule has 1 heterocycles. The molecule has 1 rings (SSSR count). The van der Waals surface area contributed by atoms with Crippen molar-refractivity contribution in [3.63, 3.8) is 0 Å². The molecular formula is C14H22Cl2N4O. The molecular weight excluding hydrogens is 311 g/mol. The first-order valence-electron chi connectivity index (χ1n) is 7.19. The molecule has 1 aromatic heterocycles. The summed E-state index contributed by atoms with van der Waals surface area (Å²) in [5, 5.41) is 10.3. The highest BCUT2D eigenvalue weighted by Gasteiger charge is 2.15. The Balaban J connectivity index is 2.45. The van der Waals surface area contributed by atoms with Gasteiger partial charge in [-0.3, -0.25) is 4.79 Å². The molecule has 0 aromatic carbocycles. The lowest BCUT2D eigenvalue weighted by molar-refractivity contribution is 0.0937. The van der Waals surface area contributed by atoms with Crippen molar-refractivity contribution in [2.45, 2.75) is 39.7 Å². The van der Waals surface area contributed by atoms with Crippen molar-refractivity contribution < 1.29 is 4.79 Å². The highest BCUT2D eigenvalue weighted by atomic mass is 35.5. The Morgan fingerprint density at radius 2 is 2.00 bits per heavy atom. The third kappa shape index (κ3) is 6.16. The van der Waals surface area contributed by atoms with Crippen molar-refractivity contribution in [2.75, 3.05) is 19.6 Å². The van der Waals surface area contributed by atoms with E-state index in [2.05, 4.69) is 34.3 Å². The molecule has 0 bridgehead atoms. The van der Waals surface area contributed by atoms with E-state index in [1.54, 1.807) is 0 Å². The zero-order valence-electron chi connectivity index (χ0n) is 12.7. The number of rotatable bonds is 8. The summed E-state index contributed by atoms with van der Waals surface area (Å²) in [5.41, 5.74) is 0.257. The molecule has 0 aliphatic heterocycles. The first-order valence-corrected chi connectivity index (χ1v) is 7.95. The van der Waals surface area contributed by atoms with Crippen LogP contribution in [0.3, 0.4) is 0 Å². The second kappa shape index (κ2) is 9.18. The zero-order chi connectivity index (χ0) is 15.8. The molecule has 0 saturated carbocycles. The van der Waals surface area contributed by atoms with Gasteiger partial charge in [-0.2, -0.15) is 0 Å². The summed E-state index contributed by atoms with van der Waals surface area (Å²) >= 11 is 11.6. The summed E-state index contributed by atoms with van der Waals surface area (Å²) in [4.78, 5) is 14.5. The topological polar surface area (TPSA) is 58.1 Å². The molecule has 0 fully saturated rings. The van der Waals surface area contributed by atoms with Crippen molar-refractivity contribution in [1.29, 1.82) is 0 Å². The Labute approximate surface area is 136 Å². The van der Waals surface area contributed by atoms with Crippen LogP contribution in [0.1, 0.15) is 44.0 Å². The number of nitrogens with one attached hydrogen (secondary N) is 1. The molecule has 0 aliphatic carbocycles. The summed E-state index contributed by atoms with van der Waals surface area (Å²) in [5.74, 6) is -0.271. The van der Waals surface area contributed by atoms with Gasteiger partial charge >= 0.3 is 0 Å². The predicted octanol–water partition coefficient (Wildman–Crippen LogP) is 3.02. The number of carbonyl (C=O) groups is 1. The normalized spacial score (nSPS) is 12.5. The maximum absolute atomic E-state index is 12.1. The van der Waals surface area contributed by atoms with Crippen LogP contribution in [0.25, 0.3) is 0 Å². The summed E-state index contributed by atoms with van der Waals surface area (Å²) in [6, 6.07) is 1.49. The highest BCUT2D eigenvalue weighted by Crippen LogP contribution is 2.15. The summed E-state index contributed by atoms with van der Waals surface area (Å²) < 4.78 is 0. The number of carbonyl (C=O) groups excluding carboxylic acids is 1. The average molecular weight is 333 g/mol. The fourth-order valence-corrected chi connectivity index (χ4v) is 2.37. The van der Waals surface area contributed by atoms with Crippen LogP contribution in [-0.2, 0) is 0 Å². The first-order chi connectivity index (χ1) is 9.97. The molecule has 0 spiro atoms. The number of amides is 1. The van der Waals surface area contributed by atoms with E-state index in [0.717, 1.165) is 32.5 Å². The van der Waals surface area contributed by atoms with E-state index in [9.17, 15) is 4.79 Å². The molecule has 1 atom stereocenters. The van der Waals surface area contributed by atoms with Crippen molar-refractivity contribution in [3.05, 3.63) is 21.9 Å². The number of hydrogen-bond acceptors (Lipinski definition) is 4. The van der Waals surface area contributed by atoms with Gasteiger partial charge in [0.15, 0.2) is 10.3 Å². The van der Waals surface area contributed by atoms with Crippen LogP contribution in [0, 0.1) is 0 Å². The van der Waals surface area contributed by atoms with Gasteiger partial charge in [0.05, 0.1) is 5.56 Å². The number of hydrogen-bond donors (Lipinski definition) is 1. The van der Waals surface area contributed by atoms with E-state index in [4.69, 9.17) is 23.2 Å². The molecule has 21 heavy (non-hydrogen) atoms. The maximum Gasteiger partial charge on any atom is 0.254 e. The number of halogens is 2. The Bertz CT molecular complexity index is 466. The second-order valence-corrected chi connectivity index (χ2v) is 5.66. The molecule has 7 heteroatoms. The Kier molecular flexibility index (Phi) is 7.93. The predicted molar refractivity (Wildman–Crippen MR) is 86.0 cm³/mol. The van der Waals surface area contributed by atoms with E-state index < -0.39 is 0 Å². The fraction of sp³-hybridized carbons (Fsp3) is 0.643. The largest absolute Gasteiger partial charge is 0.349 e. The Hall–Kier alpha value is -0.910. The minimum absolute atomic E-state index is 0.0623. The summed E-state index contributed by atoms with van der Waals surface area (Å²) in [6.45, 7) is 9.41. The van der Waals surface area contributed by atoms with Crippen molar-refractivity contribution >= 4 is 29.1 Å². The summed E-state index contributed by atoms with van der Waals surface area (Å²) in [6.07, 6.45) is 1.94. The van der Waals surface area contributed by atoms with Crippen LogP contribution in [0.4, 0.5) is 0 Å². The van der Waals surface area contributed by atoms with Gasteiger partial charge in [0.2, 0.25) is 0 Å². The van der Waals surface area contributed by atoms with E-state index in [1.165, 1.54) is 6.07 Å². The van der Waals surface area contributed by atoms with Crippen molar-refractivity contribution in [1.82, 2.24) is 20.4 Å². The maximum atomic E-state index is 12.1. The molecule has 1 unspecified atom stereocenters. The molecule has 5 nitrogen and oxygen atoms in total. The third-order valence-electron chi connectivity index (χ3n) is 3.35. The summed E-state index contributed by atoms with van der Waals surface area (Å²) in [7, 11) is 0. The van der Waals surface area contributed by atoms with Gasteiger partial charge in [-0.05, 0) is 45.5 Å². The molecule has 1 aromatic rings. The van der Waals surface area contributed by atoms with Gasteiger partial charge in [0.1, 0.15) is 0 Å². The van der Waals surface area contributed by atoms with Crippen molar-refractivity contribution in [3.8, 4) is 0 Å². The van der Waals surface area contributed by atoms with Crippen LogP contribution < -0.4 is 5.32 Å². The van der Waals surface area contributed by atoms with Crippen LogP contribution >= 0.6 is 23.2 Å². The molecule has 0 radical (unpaired) electrons. The van der Waals surface area contributed by atoms with Gasteiger partial charge in [-0.25, -0.2) is 0 Å². The lowest BCUT2D eigenvalue weighted by Gasteiger charge is -2.19. The molecule has 118 valence electrons. The van der Waals surface area contributed by atoms with Crippen LogP contribution in [0.15, 0.2) is 6.07 Å². The molecule has 0 saturated heterocycles. The van der Waals surface area contributed by atoms with Crippen molar-refractivity contribution in [2.24, 2.45) is 0 Å². The Morgan fingerprint density at radius 1 is 1.33 bits per heavy atom. The second-order valence-electron chi connectivity index (χ2n) is 4.92. The minimum Gasteiger partial charge on any atom is -0.349 e. The van der Waals surface area contributed by atoms with Crippen LogP contribution in [-0.4, -0.2) is 46.7 Å². The van der Waals surface area contributed by atoms with E-state index in [-0.39, 0.29) is 27.8 Å².